The Bertz CT molecular complexity index is 1230. The number of guanidine groups is 2. The van der Waals surface area contributed by atoms with Crippen LogP contribution in [0.25, 0.3) is 0 Å². The molecule has 0 aliphatic rings. The quantitative estimate of drug-likeness (QED) is 0.0246. The summed E-state index contributed by atoms with van der Waals surface area (Å²) in [5.74, 6) is -5.79. The minimum atomic E-state index is -1.55. The number of nitrogens with one attached hydrogen (secondary N) is 9. The minimum absolute atomic E-state index is 0.0169. The van der Waals surface area contributed by atoms with Gasteiger partial charge >= 0.3 is 5.97 Å². The van der Waals surface area contributed by atoms with Gasteiger partial charge in [-0.3, -0.25) is 34.8 Å². The van der Waals surface area contributed by atoms with Gasteiger partial charge in [0.05, 0.1) is 12.6 Å². The predicted molar refractivity (Wildman–Crippen MR) is 199 cm³/mol. The molecule has 0 aliphatic carbocycles. The second-order valence-electron chi connectivity index (χ2n) is 14.3. The molecule has 5 amide bonds. The molecule has 6 atom stereocenters. The molecule has 20 nitrogen and oxygen atoms in total. The molecule has 17 N–H and O–H groups in total. The van der Waals surface area contributed by atoms with Crippen molar-refractivity contribution in [2.45, 2.75) is 123 Å². The molecule has 304 valence electrons. The maximum atomic E-state index is 13.6. The monoisotopic (exact) mass is 756 g/mol. The molecule has 53 heavy (non-hydrogen) atoms. The van der Waals surface area contributed by atoms with Crippen LogP contribution in [0.1, 0.15) is 86.5 Å². The summed E-state index contributed by atoms with van der Waals surface area (Å²) in [6.45, 7) is 10.5. The number of aliphatic hydroxyl groups is 1. The highest BCUT2D eigenvalue weighted by Crippen LogP contribution is 2.11. The zero-order chi connectivity index (χ0) is 40.8. The molecule has 0 radical (unpaired) electrons. The number of amides is 5. The predicted octanol–water partition coefficient (Wildman–Crippen LogP) is -2.52. The first kappa shape index (κ1) is 48.3. The molecular formula is C33H64N12O8. The summed E-state index contributed by atoms with van der Waals surface area (Å²) in [5, 5.41) is 52.2. The van der Waals surface area contributed by atoms with Gasteiger partial charge in [0.1, 0.15) is 30.2 Å². The number of hydrogen-bond donors (Lipinski definition) is 14. The molecule has 20 heteroatoms. The molecular weight excluding hydrogens is 692 g/mol. The highest BCUT2D eigenvalue weighted by atomic mass is 16.4. The summed E-state index contributed by atoms with van der Waals surface area (Å²) in [6.07, 6.45) is 1.33. The zero-order valence-electron chi connectivity index (χ0n) is 31.8. The van der Waals surface area contributed by atoms with E-state index in [1.807, 2.05) is 41.5 Å². The summed E-state index contributed by atoms with van der Waals surface area (Å²) >= 11 is 0. The first-order valence-corrected chi connectivity index (χ1v) is 17.9. The van der Waals surface area contributed by atoms with Crippen LogP contribution in [0.5, 0.6) is 0 Å². The summed E-state index contributed by atoms with van der Waals surface area (Å²) in [7, 11) is 0. The van der Waals surface area contributed by atoms with Crippen LogP contribution in [0, 0.1) is 28.6 Å². The molecule has 0 aromatic rings. The van der Waals surface area contributed by atoms with Crippen molar-refractivity contribution in [3.05, 3.63) is 0 Å². The van der Waals surface area contributed by atoms with Crippen molar-refractivity contribution < 1.29 is 39.0 Å². The molecule has 0 bridgehead atoms. The summed E-state index contributed by atoms with van der Waals surface area (Å²) in [5.41, 5.74) is 16.6. The van der Waals surface area contributed by atoms with E-state index in [4.69, 9.17) is 28.0 Å². The Hall–Kier alpha value is -4.72. The van der Waals surface area contributed by atoms with Crippen molar-refractivity contribution in [1.82, 2.24) is 37.2 Å². The Morgan fingerprint density at radius 2 is 0.887 bits per heavy atom. The van der Waals surface area contributed by atoms with Crippen LogP contribution >= 0.6 is 0 Å². The lowest BCUT2D eigenvalue weighted by atomic mass is 10.00. The van der Waals surface area contributed by atoms with Crippen LogP contribution in [-0.4, -0.2) is 114 Å². The lowest BCUT2D eigenvalue weighted by Gasteiger charge is -2.27. The third-order valence-corrected chi connectivity index (χ3v) is 7.78. The highest BCUT2D eigenvalue weighted by molar-refractivity contribution is 5.96. The van der Waals surface area contributed by atoms with Gasteiger partial charge in [0.2, 0.25) is 29.5 Å². The maximum Gasteiger partial charge on any atom is 0.326 e. The smallest absolute Gasteiger partial charge is 0.326 e. The van der Waals surface area contributed by atoms with Gasteiger partial charge in [-0.1, -0.05) is 41.5 Å². The number of aliphatic carboxylic acids is 1. The fourth-order valence-corrected chi connectivity index (χ4v) is 5.14. The van der Waals surface area contributed by atoms with E-state index in [1.54, 1.807) is 0 Å². The number of aliphatic hydroxyl groups excluding tert-OH is 1. The van der Waals surface area contributed by atoms with Crippen molar-refractivity contribution in [2.75, 3.05) is 19.7 Å². The average Bonchev–Trinajstić information content (AvgIpc) is 3.04. The third kappa shape index (κ3) is 21.4. The van der Waals surface area contributed by atoms with E-state index in [-0.39, 0.29) is 74.7 Å². The van der Waals surface area contributed by atoms with Crippen LogP contribution in [0.3, 0.4) is 0 Å². The standard InChI is InChI=1S/C33H64N12O8/c1-17(2)13-22(42-26(47)20(34)9-7-11-39-32(35)36)29(50)45-25(16-46)30(51)41-21(10-8-12-40-33(37)38)27(48)43-23(14-18(3)4)28(49)44-24(31(52)53)15-19(5)6/h17-25,46H,7-16,34H2,1-6H3,(H,41,51)(H,42,47)(H,43,48)(H,44,49)(H,45,50)(H,52,53)(H4,35,36,39)(H4,37,38,40)/t20-,21-,22-,23-,24-,25-/m0/s1. The van der Waals surface area contributed by atoms with E-state index in [9.17, 15) is 39.0 Å². The van der Waals surface area contributed by atoms with Crippen molar-refractivity contribution in [3.8, 4) is 0 Å². The van der Waals surface area contributed by atoms with E-state index in [0.717, 1.165) is 0 Å². The Balaban J connectivity index is 6.00. The van der Waals surface area contributed by atoms with E-state index in [1.165, 1.54) is 0 Å². The fourth-order valence-electron chi connectivity index (χ4n) is 5.14. The van der Waals surface area contributed by atoms with Crippen LogP contribution in [-0.2, 0) is 28.8 Å². The van der Waals surface area contributed by atoms with Gasteiger partial charge in [-0.2, -0.15) is 0 Å². The minimum Gasteiger partial charge on any atom is -0.480 e. The van der Waals surface area contributed by atoms with Gasteiger partial charge in [-0.05, 0) is 62.7 Å². The molecule has 0 spiro atoms. The summed E-state index contributed by atoms with van der Waals surface area (Å²) < 4.78 is 0. The normalized spacial score (nSPS) is 14.5. The van der Waals surface area contributed by atoms with Crippen molar-refractivity contribution in [2.24, 2.45) is 35.0 Å². The van der Waals surface area contributed by atoms with Gasteiger partial charge in [0, 0.05) is 13.1 Å². The molecule has 0 aromatic heterocycles. The van der Waals surface area contributed by atoms with Crippen LogP contribution in [0.4, 0.5) is 0 Å². The zero-order valence-corrected chi connectivity index (χ0v) is 31.8. The van der Waals surface area contributed by atoms with Crippen molar-refractivity contribution >= 4 is 47.4 Å². The molecule has 0 heterocycles. The maximum absolute atomic E-state index is 13.6. The lowest BCUT2D eigenvalue weighted by Crippen LogP contribution is -2.60. The third-order valence-electron chi connectivity index (χ3n) is 7.78. The van der Waals surface area contributed by atoms with Crippen molar-refractivity contribution in [3.63, 3.8) is 0 Å². The number of carbonyl (C=O) groups is 6. The van der Waals surface area contributed by atoms with E-state index < -0.39 is 78.4 Å². The molecule has 0 aliphatic heterocycles. The summed E-state index contributed by atoms with van der Waals surface area (Å²) in [6, 6.07) is -7.29. The number of rotatable bonds is 26. The number of carboxylic acids is 1. The largest absolute Gasteiger partial charge is 0.480 e. The van der Waals surface area contributed by atoms with Crippen LogP contribution in [0.15, 0.2) is 0 Å². The van der Waals surface area contributed by atoms with E-state index in [2.05, 4.69) is 37.2 Å². The van der Waals surface area contributed by atoms with Gasteiger partial charge in [-0.25, -0.2) is 4.79 Å². The topological polar surface area (TPSA) is 353 Å². The highest BCUT2D eigenvalue weighted by Gasteiger charge is 2.33. The van der Waals surface area contributed by atoms with Gasteiger partial charge in [0.15, 0.2) is 11.9 Å². The molecule has 0 unspecified atom stereocenters. The van der Waals surface area contributed by atoms with E-state index in [0.29, 0.717) is 13.0 Å². The van der Waals surface area contributed by atoms with Crippen LogP contribution < -0.4 is 54.4 Å². The Labute approximate surface area is 311 Å². The SMILES string of the molecule is CC(C)C[C@H](NC(=O)[C@H](CC(C)C)NC(=O)[C@H](CCCNC(=N)N)NC(=O)[C@H](CO)NC(=O)[C@H](CC(C)C)NC(=O)[C@@H](N)CCCNC(=N)N)C(=O)O. The van der Waals surface area contributed by atoms with Crippen molar-refractivity contribution in [1.29, 1.82) is 10.8 Å². The first-order chi connectivity index (χ1) is 24.7. The number of carbonyl (C=O) groups excluding carboxylic acids is 5. The number of nitrogens with two attached hydrogens (primary N) is 3. The summed E-state index contributed by atoms with van der Waals surface area (Å²) in [4.78, 5) is 78.3. The van der Waals surface area contributed by atoms with Gasteiger partial charge in [-0.15, -0.1) is 0 Å². The van der Waals surface area contributed by atoms with Gasteiger partial charge < -0.3 is 64.6 Å². The molecule has 0 rings (SSSR count). The first-order valence-electron chi connectivity index (χ1n) is 17.9. The lowest BCUT2D eigenvalue weighted by molar-refractivity contribution is -0.143. The van der Waals surface area contributed by atoms with Gasteiger partial charge in [0.25, 0.3) is 0 Å². The fraction of sp³-hybridized carbons (Fsp3) is 0.758. The molecule has 0 fully saturated rings. The Morgan fingerprint density at radius 1 is 0.547 bits per heavy atom. The molecule has 0 saturated carbocycles. The molecule has 0 aromatic carbocycles. The Morgan fingerprint density at radius 3 is 1.30 bits per heavy atom. The number of carboxylic acid groups (broad SMARTS) is 1. The number of hydrogen-bond acceptors (Lipinski definition) is 10. The average molecular weight is 757 g/mol. The van der Waals surface area contributed by atoms with E-state index >= 15 is 0 Å². The Kier molecular flexibility index (Phi) is 23.0. The second-order valence-corrected chi connectivity index (χ2v) is 14.3. The van der Waals surface area contributed by atoms with Crippen LogP contribution in [0.2, 0.25) is 0 Å². The second kappa shape index (κ2) is 25.3. The molecule has 0 saturated heterocycles.